The summed E-state index contributed by atoms with van der Waals surface area (Å²) >= 11 is 0. The van der Waals surface area contributed by atoms with Crippen molar-refractivity contribution in [3.63, 3.8) is 0 Å². The van der Waals surface area contributed by atoms with Crippen molar-refractivity contribution < 1.29 is 23.7 Å². The van der Waals surface area contributed by atoms with Gasteiger partial charge in [0.15, 0.2) is 17.3 Å². The quantitative estimate of drug-likeness (QED) is 0.458. The highest BCUT2D eigenvalue weighted by Crippen LogP contribution is 2.37. The lowest BCUT2D eigenvalue weighted by molar-refractivity contribution is 0.103. The zero-order valence-corrected chi connectivity index (χ0v) is 18.2. The highest BCUT2D eigenvalue weighted by molar-refractivity contribution is 6.11. The molecule has 0 fully saturated rings. The number of carbonyl (C=O) groups excluding carboxylic acids is 1. The number of benzene rings is 2. The van der Waals surface area contributed by atoms with Gasteiger partial charge in [-0.3, -0.25) is 4.79 Å². The Morgan fingerprint density at radius 1 is 1.00 bits per heavy atom. The highest BCUT2D eigenvalue weighted by Gasteiger charge is 2.16. The molecule has 0 aliphatic carbocycles. The Morgan fingerprint density at radius 2 is 1.72 bits per heavy atom. The molecule has 0 aliphatic rings. The molecule has 29 heavy (non-hydrogen) atoms. The molecule has 0 bridgehead atoms. The number of ketones is 1. The van der Waals surface area contributed by atoms with Crippen LogP contribution in [0.4, 0.5) is 5.69 Å². The molecule has 6 nitrogen and oxygen atoms in total. The summed E-state index contributed by atoms with van der Waals surface area (Å²) in [6.45, 7) is 4.27. The van der Waals surface area contributed by atoms with Gasteiger partial charge < -0.3 is 23.8 Å². The first kappa shape index (κ1) is 22.1. The summed E-state index contributed by atoms with van der Waals surface area (Å²) in [7, 11) is 8.54. The Morgan fingerprint density at radius 3 is 2.28 bits per heavy atom. The third kappa shape index (κ3) is 5.02. The van der Waals surface area contributed by atoms with Crippen molar-refractivity contribution in [2.45, 2.75) is 13.8 Å². The molecule has 0 N–H and O–H groups in total. The minimum Gasteiger partial charge on any atom is -0.497 e. The maximum atomic E-state index is 13.1. The van der Waals surface area contributed by atoms with Crippen LogP contribution in [-0.4, -0.2) is 47.8 Å². The maximum absolute atomic E-state index is 13.1. The minimum absolute atomic E-state index is 0.0833. The van der Waals surface area contributed by atoms with Crippen LogP contribution in [0.25, 0.3) is 6.08 Å². The van der Waals surface area contributed by atoms with E-state index in [9.17, 15) is 4.79 Å². The zero-order chi connectivity index (χ0) is 21.6. The number of rotatable bonds is 9. The van der Waals surface area contributed by atoms with Gasteiger partial charge in [0.25, 0.3) is 0 Å². The Bertz CT molecular complexity index is 902. The molecule has 2 aromatic carbocycles. The second-order valence-corrected chi connectivity index (χ2v) is 6.62. The van der Waals surface area contributed by atoms with Crippen molar-refractivity contribution in [2.24, 2.45) is 0 Å². The molecule has 0 saturated carbocycles. The molecule has 0 radical (unpaired) electrons. The molecule has 0 heterocycles. The number of hydrogen-bond donors (Lipinski definition) is 0. The summed E-state index contributed by atoms with van der Waals surface area (Å²) in [5.74, 6) is 2.36. The van der Waals surface area contributed by atoms with Gasteiger partial charge in [0.1, 0.15) is 11.5 Å². The first-order chi connectivity index (χ1) is 13.9. The fourth-order valence-corrected chi connectivity index (χ4v) is 3.00. The summed E-state index contributed by atoms with van der Waals surface area (Å²) in [4.78, 5) is 15.0. The third-order valence-corrected chi connectivity index (χ3v) is 4.45. The summed E-state index contributed by atoms with van der Waals surface area (Å²) in [6, 6.07) is 8.99. The van der Waals surface area contributed by atoms with Crippen LogP contribution >= 0.6 is 0 Å². The molecule has 2 aromatic rings. The molecule has 0 aromatic heterocycles. The number of ether oxygens (including phenoxy) is 4. The third-order valence-electron chi connectivity index (χ3n) is 4.45. The highest BCUT2D eigenvalue weighted by atomic mass is 16.5. The van der Waals surface area contributed by atoms with Crippen LogP contribution < -0.4 is 23.8 Å². The number of allylic oxidation sites excluding steroid dienone is 1. The smallest absolute Gasteiger partial charge is 0.188 e. The van der Waals surface area contributed by atoms with Gasteiger partial charge >= 0.3 is 0 Å². The molecule has 6 heteroatoms. The lowest BCUT2D eigenvalue weighted by Crippen LogP contribution is -2.12. The van der Waals surface area contributed by atoms with E-state index in [1.54, 1.807) is 46.5 Å². The maximum Gasteiger partial charge on any atom is 0.188 e. The van der Waals surface area contributed by atoms with Crippen LogP contribution in [0.2, 0.25) is 0 Å². The molecule has 0 saturated heterocycles. The molecule has 0 unspecified atom stereocenters. The standard InChI is InChI=1S/C23H29NO5/c1-8-29-20-10-9-16(13-19(20)24(3)4)22(25)15(2)11-17-12-18(26-5)14-21(27-6)23(17)28-7/h9-14H,8H2,1-7H3. The number of Topliss-reactive ketones (excluding diaryl/α,β-unsaturated/α-hetero) is 1. The second kappa shape index (κ2) is 9.87. The van der Waals surface area contributed by atoms with Crippen molar-refractivity contribution in [1.29, 1.82) is 0 Å². The SMILES string of the molecule is CCOc1ccc(C(=O)C(C)=Cc2cc(OC)cc(OC)c2OC)cc1N(C)C. The molecule has 2 rings (SSSR count). The first-order valence-electron chi connectivity index (χ1n) is 9.33. The number of methoxy groups -OCH3 is 3. The Hall–Kier alpha value is -3.15. The minimum atomic E-state index is -0.0833. The van der Waals surface area contributed by atoms with Crippen LogP contribution in [0.5, 0.6) is 23.0 Å². The van der Waals surface area contributed by atoms with Gasteiger partial charge in [-0.1, -0.05) is 0 Å². The molecule has 156 valence electrons. The van der Waals surface area contributed by atoms with Crippen molar-refractivity contribution in [3.05, 3.63) is 47.0 Å². The molecule has 0 atom stereocenters. The summed E-state index contributed by atoms with van der Waals surface area (Å²) in [5, 5.41) is 0. The summed E-state index contributed by atoms with van der Waals surface area (Å²) in [6.07, 6.45) is 1.78. The van der Waals surface area contributed by atoms with Crippen molar-refractivity contribution in [1.82, 2.24) is 0 Å². The molecule has 0 amide bonds. The number of anilines is 1. The summed E-state index contributed by atoms with van der Waals surface area (Å²) in [5.41, 5.74) is 2.70. The molecular weight excluding hydrogens is 370 g/mol. The number of carbonyl (C=O) groups is 1. The predicted molar refractivity (Wildman–Crippen MR) is 116 cm³/mol. The topological polar surface area (TPSA) is 57.2 Å². The average molecular weight is 399 g/mol. The monoisotopic (exact) mass is 399 g/mol. The fraction of sp³-hybridized carbons (Fsp3) is 0.348. The van der Waals surface area contributed by atoms with Crippen molar-refractivity contribution in [2.75, 3.05) is 46.9 Å². The second-order valence-electron chi connectivity index (χ2n) is 6.62. The molecule has 0 spiro atoms. The van der Waals surface area contributed by atoms with Gasteiger partial charge in [0.05, 0.1) is 33.6 Å². The normalized spacial score (nSPS) is 11.1. The Kier molecular flexibility index (Phi) is 7.53. The van der Waals surface area contributed by atoms with Gasteiger partial charge in [-0.25, -0.2) is 0 Å². The van der Waals surface area contributed by atoms with E-state index in [2.05, 4.69) is 0 Å². The largest absolute Gasteiger partial charge is 0.497 e. The van der Waals surface area contributed by atoms with E-state index in [1.807, 2.05) is 44.1 Å². The predicted octanol–water partition coefficient (Wildman–Crippen LogP) is 4.46. The van der Waals surface area contributed by atoms with Crippen LogP contribution in [-0.2, 0) is 0 Å². The van der Waals surface area contributed by atoms with Crippen LogP contribution in [0.1, 0.15) is 29.8 Å². The Labute approximate surface area is 172 Å². The van der Waals surface area contributed by atoms with E-state index in [-0.39, 0.29) is 5.78 Å². The summed E-state index contributed by atoms with van der Waals surface area (Å²) < 4.78 is 21.9. The van der Waals surface area contributed by atoms with E-state index in [1.165, 1.54) is 0 Å². The molecule has 0 aliphatic heterocycles. The van der Waals surface area contributed by atoms with Crippen LogP contribution in [0, 0.1) is 0 Å². The van der Waals surface area contributed by atoms with Gasteiger partial charge in [0.2, 0.25) is 0 Å². The molecular formula is C23H29NO5. The lowest BCUT2D eigenvalue weighted by Gasteiger charge is -2.18. The van der Waals surface area contributed by atoms with E-state index in [4.69, 9.17) is 18.9 Å². The van der Waals surface area contributed by atoms with Gasteiger partial charge in [0, 0.05) is 31.3 Å². The van der Waals surface area contributed by atoms with Gasteiger partial charge in [-0.2, -0.15) is 0 Å². The van der Waals surface area contributed by atoms with Crippen molar-refractivity contribution in [3.8, 4) is 23.0 Å². The number of nitrogens with zero attached hydrogens (tertiary/aromatic N) is 1. The number of hydrogen-bond acceptors (Lipinski definition) is 6. The van der Waals surface area contributed by atoms with E-state index in [0.29, 0.717) is 40.6 Å². The van der Waals surface area contributed by atoms with E-state index < -0.39 is 0 Å². The van der Waals surface area contributed by atoms with Crippen molar-refractivity contribution >= 4 is 17.5 Å². The van der Waals surface area contributed by atoms with Crippen LogP contribution in [0.3, 0.4) is 0 Å². The van der Waals surface area contributed by atoms with E-state index in [0.717, 1.165) is 11.4 Å². The fourth-order valence-electron chi connectivity index (χ4n) is 3.00. The Balaban J connectivity index is 2.47. The first-order valence-corrected chi connectivity index (χ1v) is 9.33. The van der Waals surface area contributed by atoms with Gasteiger partial charge in [-0.15, -0.1) is 0 Å². The average Bonchev–Trinajstić information content (AvgIpc) is 2.72. The zero-order valence-electron chi connectivity index (χ0n) is 18.2. The van der Waals surface area contributed by atoms with E-state index >= 15 is 0 Å². The van der Waals surface area contributed by atoms with Gasteiger partial charge in [-0.05, 0) is 49.8 Å². The van der Waals surface area contributed by atoms with Crippen LogP contribution in [0.15, 0.2) is 35.9 Å². The lowest BCUT2D eigenvalue weighted by atomic mass is 10.0.